The van der Waals surface area contributed by atoms with Gasteiger partial charge in [0.25, 0.3) is 0 Å². The van der Waals surface area contributed by atoms with E-state index in [1.807, 2.05) is 164 Å². The minimum Gasteiger partial charge on any atom is -0.0622 e. The van der Waals surface area contributed by atoms with E-state index in [4.69, 9.17) is 32.9 Å². The average Bonchev–Trinajstić information content (AvgIpc) is 0.697. The molecular formula is C118H78. The standard InChI is InChI=1S/C42H28.C40H26.C36H24/c1-3-14-29(15-4-1)33-19-7-8-20-35(33)42-38-23-11-9-21-36(38)41(37-22-10-12-24-39(37)42)32-27-26-31-18-13-25-34(40(31)28-32)30-16-5-2-6-17-30;1-2-11-27(12-3-1)29-21-22-31-26-32(24-23-30(31)25-29)39-35-16-6-8-18-37(35)40(38-19-9-7-17-36(38)39)34-20-10-14-28-13-4-5-15-33(28)34;1-3-13-25(14-4-1)34-24-28(23-27-17-7-8-18-29(27)34)36-32-21-11-9-19-30(32)35(26-15-5-2-6-16-26)31-20-10-12-22-33(31)36/h1-28H;1-26H;1-24H/i1D,3D,4D,9D,10D,11D,12D,14D,15D,21D,22D,23D,24D;6D,7D,8D,9D,16D,17D,18D,19D;1D,3D,4D,9D,10D,11D,12D,13D,14D,19D,20D,21D,22D. The van der Waals surface area contributed by atoms with Gasteiger partial charge in [0.2, 0.25) is 0 Å². The largest absolute Gasteiger partial charge is 0.0629 e. The van der Waals surface area contributed by atoms with Crippen molar-refractivity contribution < 1.29 is 46.6 Å². The maximum absolute atomic E-state index is 9.36. The number of fused-ring (bicyclic) bond motifs is 10. The number of hydrogen-bond donors (Lipinski definition) is 0. The molecule has 0 saturated heterocycles. The second kappa shape index (κ2) is 30.9. The molecule has 0 aliphatic heterocycles. The molecule has 23 aromatic rings. The lowest BCUT2D eigenvalue weighted by atomic mass is 9.83. The van der Waals surface area contributed by atoms with Gasteiger partial charge in [0.1, 0.15) is 0 Å². The first-order valence-corrected chi connectivity index (χ1v) is 38.1. The molecule has 23 rings (SSSR count). The van der Waals surface area contributed by atoms with E-state index in [1.165, 1.54) is 6.07 Å². The fourth-order valence-electron chi connectivity index (χ4n) is 16.5. The highest BCUT2D eigenvalue weighted by atomic mass is 14.3. The Hall–Kier alpha value is -15.3. The van der Waals surface area contributed by atoms with Crippen molar-refractivity contribution in [1.29, 1.82) is 0 Å². The van der Waals surface area contributed by atoms with Crippen LogP contribution in [0, 0.1) is 0 Å². The molecule has 0 saturated carbocycles. The van der Waals surface area contributed by atoms with Gasteiger partial charge in [-0.05, 0) is 249 Å². The molecule has 0 radical (unpaired) electrons. The van der Waals surface area contributed by atoms with E-state index in [2.05, 4.69) is 6.07 Å². The second-order valence-corrected chi connectivity index (χ2v) is 28.2. The van der Waals surface area contributed by atoms with E-state index < -0.39 is 181 Å². The van der Waals surface area contributed by atoms with Gasteiger partial charge in [0.15, 0.2) is 0 Å². The van der Waals surface area contributed by atoms with Gasteiger partial charge in [0, 0.05) is 0 Å². The molecule has 0 aromatic heterocycles. The highest BCUT2D eigenvalue weighted by Crippen LogP contribution is 2.51. The summed E-state index contributed by atoms with van der Waals surface area (Å²) in [6.45, 7) is 0. The molecule has 0 nitrogen and oxygen atoms in total. The van der Waals surface area contributed by atoms with Gasteiger partial charge in [-0.1, -0.05) is 442 Å². The molecule has 0 aliphatic rings. The van der Waals surface area contributed by atoms with Gasteiger partial charge in [0.05, 0.1) is 46.6 Å². The molecule has 0 fully saturated rings. The Morgan fingerprint density at radius 2 is 0.424 bits per heavy atom. The summed E-state index contributed by atoms with van der Waals surface area (Å²) in [6.07, 6.45) is 0. The van der Waals surface area contributed by atoms with Crippen molar-refractivity contribution in [3.63, 3.8) is 0 Å². The van der Waals surface area contributed by atoms with Crippen molar-refractivity contribution in [2.75, 3.05) is 0 Å². The molecule has 0 spiro atoms. The van der Waals surface area contributed by atoms with E-state index in [-0.39, 0.29) is 144 Å². The van der Waals surface area contributed by atoms with Crippen LogP contribution in [0.3, 0.4) is 0 Å². The zero-order chi connectivity index (χ0) is 108. The second-order valence-electron chi connectivity index (χ2n) is 28.2. The zero-order valence-electron chi connectivity index (χ0n) is 96.4. The Bertz CT molecular complexity index is 9670. The van der Waals surface area contributed by atoms with Crippen LogP contribution in [0.25, 0.3) is 219 Å². The fourth-order valence-corrected chi connectivity index (χ4v) is 16.5. The van der Waals surface area contributed by atoms with Crippen LogP contribution in [-0.2, 0) is 0 Å². The predicted octanol–water partition coefficient (Wildman–Crippen LogP) is 33.3. The van der Waals surface area contributed by atoms with Crippen LogP contribution >= 0.6 is 0 Å². The monoisotopic (exact) mass is 1530 g/mol. The van der Waals surface area contributed by atoms with Crippen molar-refractivity contribution in [2.24, 2.45) is 0 Å². The van der Waals surface area contributed by atoms with Crippen LogP contribution in [-0.4, -0.2) is 0 Å². The molecule has 0 unspecified atom stereocenters. The van der Waals surface area contributed by atoms with Crippen molar-refractivity contribution in [2.45, 2.75) is 0 Å². The molecule has 0 amide bonds. The van der Waals surface area contributed by atoms with Crippen LogP contribution < -0.4 is 0 Å². The van der Waals surface area contributed by atoms with Crippen LogP contribution in [0.5, 0.6) is 0 Å². The summed E-state index contributed by atoms with van der Waals surface area (Å²) < 4.78 is 300. The van der Waals surface area contributed by atoms with Gasteiger partial charge in [-0.3, -0.25) is 0 Å². The lowest BCUT2D eigenvalue weighted by Gasteiger charge is -2.20. The molecule has 0 bridgehead atoms. The van der Waals surface area contributed by atoms with Gasteiger partial charge in [-0.15, -0.1) is 0 Å². The highest BCUT2D eigenvalue weighted by molar-refractivity contribution is 6.26. The quantitative estimate of drug-likeness (QED) is 0.120. The normalized spacial score (nSPS) is 15.4. The molecule has 0 heteroatoms. The van der Waals surface area contributed by atoms with Crippen LogP contribution in [0.2, 0.25) is 0 Å². The van der Waals surface area contributed by atoms with Gasteiger partial charge >= 0.3 is 0 Å². The summed E-state index contributed by atoms with van der Waals surface area (Å²) in [4.78, 5) is 0. The van der Waals surface area contributed by atoms with E-state index in [0.29, 0.717) is 44.2 Å². The third-order valence-electron chi connectivity index (χ3n) is 21.6. The molecule has 0 heterocycles. The Labute approximate surface area is 735 Å². The third-order valence-corrected chi connectivity index (χ3v) is 21.6. The SMILES string of the molecule is [2H]c1c([2H])c([2H])c(-c2cc(-c3c4c([2H])c([2H])c([2H])c([2H])c4c(-c4ccccc4)c4c([2H])c([2H])c([2H])c([2H])c34)cc3ccccc23)c([2H])c1[2H].[2H]c1c([2H])c([2H])c(-c2ccccc2-c2c3c([2H])c([2H])c([2H])c([2H])c3c(-c3ccc4cccc(-c5ccccc5)c4c3)c3c([2H])c([2H])c([2H])c([2H])c23)c([2H])c1[2H].[2H]c1c([2H])c([2H])c2c(-c3cccc4ccccc34)c3c([2H])c([2H])c([2H])c([2H])c3c(-c3ccc4cc(-c5ccccc5)ccc4c3)c2c1[2H]. The van der Waals surface area contributed by atoms with Crippen LogP contribution in [0.1, 0.15) is 46.6 Å². The smallest absolute Gasteiger partial charge is 0.0622 e. The van der Waals surface area contributed by atoms with Gasteiger partial charge in [-0.25, -0.2) is 0 Å². The van der Waals surface area contributed by atoms with Crippen molar-refractivity contribution in [3.05, 3.63) is 472 Å². The third kappa shape index (κ3) is 12.9. The molecule has 0 N–H and O–H groups in total. The molecule has 0 atom stereocenters. The minimum absolute atomic E-state index is 0.00550. The molecule has 550 valence electrons. The first-order chi connectivity index (χ1) is 72.7. The van der Waals surface area contributed by atoms with Crippen LogP contribution in [0.15, 0.2) is 472 Å². The maximum Gasteiger partial charge on any atom is 0.0629 e. The van der Waals surface area contributed by atoms with E-state index >= 15 is 0 Å². The number of benzene rings is 23. The summed E-state index contributed by atoms with van der Waals surface area (Å²) in [6, 6.07) is 65.8. The molecule has 118 heavy (non-hydrogen) atoms. The zero-order valence-corrected chi connectivity index (χ0v) is 62.4. The summed E-state index contributed by atoms with van der Waals surface area (Å²) in [5.74, 6) is 0. The van der Waals surface area contributed by atoms with E-state index in [0.717, 1.165) is 54.6 Å². The lowest BCUT2D eigenvalue weighted by molar-refractivity contribution is 1.61. The Balaban J connectivity index is 0.000000133. The first-order valence-electron chi connectivity index (χ1n) is 55.1. The molecule has 23 aromatic carbocycles. The summed E-state index contributed by atoms with van der Waals surface area (Å²) >= 11 is 0. The van der Waals surface area contributed by atoms with Crippen molar-refractivity contribution in [3.8, 4) is 111 Å². The molecular weight excluding hydrogens is 1420 g/mol. The van der Waals surface area contributed by atoms with Gasteiger partial charge < -0.3 is 0 Å². The summed E-state index contributed by atoms with van der Waals surface area (Å²) in [5.41, 5.74) is 7.85. The summed E-state index contributed by atoms with van der Waals surface area (Å²) in [5, 5.41) is 7.26. The molecule has 0 aliphatic carbocycles. The maximum atomic E-state index is 9.36. The average molecular weight is 1530 g/mol. The van der Waals surface area contributed by atoms with E-state index in [9.17, 15) is 13.7 Å². The Morgan fingerprint density at radius 3 is 0.924 bits per heavy atom. The lowest BCUT2D eigenvalue weighted by Crippen LogP contribution is -1.93. The fraction of sp³-hybridized carbons (Fsp3) is 0. The van der Waals surface area contributed by atoms with Crippen molar-refractivity contribution >= 4 is 108 Å². The predicted molar refractivity (Wildman–Crippen MR) is 509 cm³/mol. The highest BCUT2D eigenvalue weighted by Gasteiger charge is 2.23. The topological polar surface area (TPSA) is 0 Å². The van der Waals surface area contributed by atoms with E-state index in [1.54, 1.807) is 91.0 Å². The Kier molecular flexibility index (Phi) is 11.3. The van der Waals surface area contributed by atoms with Crippen LogP contribution in [0.4, 0.5) is 0 Å². The summed E-state index contributed by atoms with van der Waals surface area (Å²) in [7, 11) is 0. The first kappa shape index (κ1) is 43.2. The number of rotatable bonds is 10. The number of hydrogen-bond acceptors (Lipinski definition) is 0. The Morgan fingerprint density at radius 1 is 0.119 bits per heavy atom. The minimum atomic E-state index is -0.592. The van der Waals surface area contributed by atoms with Crippen molar-refractivity contribution in [1.82, 2.24) is 0 Å². The van der Waals surface area contributed by atoms with Gasteiger partial charge in [-0.2, -0.15) is 0 Å².